The molecule has 1 rings (SSSR count). The maximum absolute atomic E-state index is 12.5. The number of amides is 1. The molecule has 0 saturated carbocycles. The summed E-state index contributed by atoms with van der Waals surface area (Å²) in [6.07, 6.45) is 3.37. The van der Waals surface area contributed by atoms with Crippen molar-refractivity contribution in [2.75, 3.05) is 25.0 Å². The summed E-state index contributed by atoms with van der Waals surface area (Å²) in [5.74, 6) is 0.544. The monoisotopic (exact) mass is 249 g/mol. The number of nitrogens with one attached hydrogen (secondary N) is 1. The first kappa shape index (κ1) is 14.5. The van der Waals surface area contributed by atoms with Crippen LogP contribution in [0.5, 0.6) is 0 Å². The standard InChI is InChI=1S/C14H23N3O/c1-5-16-13-9-15-8-7-12(13)14(18)17(6-2)10-11(3)4/h7-9,11,16H,5-6,10H2,1-4H3. The molecule has 0 atom stereocenters. The van der Waals surface area contributed by atoms with Crippen molar-refractivity contribution in [1.29, 1.82) is 0 Å². The predicted octanol–water partition coefficient (Wildman–Crippen LogP) is 2.63. The molecule has 1 aromatic heterocycles. The summed E-state index contributed by atoms with van der Waals surface area (Å²) in [6, 6.07) is 1.78. The fourth-order valence-corrected chi connectivity index (χ4v) is 1.88. The number of hydrogen-bond donors (Lipinski definition) is 1. The van der Waals surface area contributed by atoms with Crippen LogP contribution in [0.3, 0.4) is 0 Å². The Bertz CT molecular complexity index is 390. The van der Waals surface area contributed by atoms with E-state index in [1.54, 1.807) is 18.5 Å². The van der Waals surface area contributed by atoms with E-state index in [0.717, 1.165) is 25.3 Å². The highest BCUT2D eigenvalue weighted by molar-refractivity contribution is 5.99. The van der Waals surface area contributed by atoms with E-state index < -0.39 is 0 Å². The molecule has 0 aliphatic heterocycles. The first-order valence-electron chi connectivity index (χ1n) is 6.57. The van der Waals surface area contributed by atoms with E-state index in [9.17, 15) is 4.79 Å². The molecule has 4 heteroatoms. The molecule has 1 N–H and O–H groups in total. The summed E-state index contributed by atoms with van der Waals surface area (Å²) in [5.41, 5.74) is 1.52. The minimum absolute atomic E-state index is 0.0737. The van der Waals surface area contributed by atoms with Gasteiger partial charge in [0.2, 0.25) is 0 Å². The number of anilines is 1. The van der Waals surface area contributed by atoms with Gasteiger partial charge in [-0.3, -0.25) is 9.78 Å². The van der Waals surface area contributed by atoms with Crippen LogP contribution in [-0.4, -0.2) is 35.4 Å². The van der Waals surface area contributed by atoms with Crippen LogP contribution in [0.2, 0.25) is 0 Å². The van der Waals surface area contributed by atoms with Gasteiger partial charge in [-0.15, -0.1) is 0 Å². The average Bonchev–Trinajstić information content (AvgIpc) is 2.36. The second-order valence-electron chi connectivity index (χ2n) is 4.69. The summed E-state index contributed by atoms with van der Waals surface area (Å²) >= 11 is 0. The second-order valence-corrected chi connectivity index (χ2v) is 4.69. The van der Waals surface area contributed by atoms with Gasteiger partial charge >= 0.3 is 0 Å². The lowest BCUT2D eigenvalue weighted by atomic mass is 10.1. The zero-order valence-corrected chi connectivity index (χ0v) is 11.7. The number of pyridine rings is 1. The largest absolute Gasteiger partial charge is 0.383 e. The van der Waals surface area contributed by atoms with Crippen LogP contribution in [0, 0.1) is 5.92 Å². The van der Waals surface area contributed by atoms with Crippen molar-refractivity contribution in [3.8, 4) is 0 Å². The van der Waals surface area contributed by atoms with Gasteiger partial charge in [0, 0.05) is 25.8 Å². The molecule has 0 aliphatic carbocycles. The van der Waals surface area contributed by atoms with Crippen molar-refractivity contribution in [3.05, 3.63) is 24.0 Å². The first-order chi connectivity index (χ1) is 8.60. The Kier molecular flexibility index (Phi) is 5.62. The topological polar surface area (TPSA) is 45.2 Å². The quantitative estimate of drug-likeness (QED) is 0.843. The van der Waals surface area contributed by atoms with Gasteiger partial charge in [-0.25, -0.2) is 0 Å². The molecule has 0 saturated heterocycles. The van der Waals surface area contributed by atoms with Gasteiger partial charge in [0.1, 0.15) is 0 Å². The fourth-order valence-electron chi connectivity index (χ4n) is 1.88. The Morgan fingerprint density at radius 1 is 1.44 bits per heavy atom. The molecule has 0 aliphatic rings. The molecule has 0 unspecified atom stereocenters. The Hall–Kier alpha value is -1.58. The number of hydrogen-bond acceptors (Lipinski definition) is 3. The lowest BCUT2D eigenvalue weighted by molar-refractivity contribution is 0.0746. The maximum atomic E-state index is 12.5. The van der Waals surface area contributed by atoms with E-state index in [2.05, 4.69) is 24.1 Å². The highest BCUT2D eigenvalue weighted by Crippen LogP contribution is 2.16. The van der Waals surface area contributed by atoms with Crippen LogP contribution >= 0.6 is 0 Å². The van der Waals surface area contributed by atoms with Gasteiger partial charge in [-0.1, -0.05) is 13.8 Å². The smallest absolute Gasteiger partial charge is 0.256 e. The summed E-state index contributed by atoms with van der Waals surface area (Å²) in [7, 11) is 0. The number of rotatable bonds is 6. The van der Waals surface area contributed by atoms with E-state index in [1.807, 2.05) is 18.7 Å². The van der Waals surface area contributed by atoms with E-state index >= 15 is 0 Å². The third-order valence-corrected chi connectivity index (χ3v) is 2.67. The van der Waals surface area contributed by atoms with E-state index in [-0.39, 0.29) is 5.91 Å². The van der Waals surface area contributed by atoms with Crippen molar-refractivity contribution < 1.29 is 4.79 Å². The van der Waals surface area contributed by atoms with Crippen molar-refractivity contribution in [1.82, 2.24) is 9.88 Å². The number of carbonyl (C=O) groups excluding carboxylic acids is 1. The molecule has 0 spiro atoms. The lowest BCUT2D eigenvalue weighted by Gasteiger charge is -2.24. The minimum Gasteiger partial charge on any atom is -0.383 e. The highest BCUT2D eigenvalue weighted by atomic mass is 16.2. The first-order valence-corrected chi connectivity index (χ1v) is 6.57. The molecule has 0 fully saturated rings. The number of nitrogens with zero attached hydrogens (tertiary/aromatic N) is 2. The SMILES string of the molecule is CCNc1cnccc1C(=O)N(CC)CC(C)C. The lowest BCUT2D eigenvalue weighted by Crippen LogP contribution is -2.34. The van der Waals surface area contributed by atoms with E-state index in [0.29, 0.717) is 11.5 Å². The Labute approximate surface area is 109 Å². The molecule has 1 aromatic rings. The number of carbonyl (C=O) groups is 1. The average molecular weight is 249 g/mol. The normalized spacial score (nSPS) is 10.5. The van der Waals surface area contributed by atoms with Gasteiger partial charge in [0.25, 0.3) is 5.91 Å². The molecule has 0 radical (unpaired) electrons. The van der Waals surface area contributed by atoms with E-state index in [4.69, 9.17) is 0 Å². The molecule has 4 nitrogen and oxygen atoms in total. The molecule has 18 heavy (non-hydrogen) atoms. The molecule has 100 valence electrons. The van der Waals surface area contributed by atoms with Gasteiger partial charge in [-0.05, 0) is 25.8 Å². The Morgan fingerprint density at radius 2 is 2.17 bits per heavy atom. The summed E-state index contributed by atoms with van der Waals surface area (Å²) in [4.78, 5) is 18.4. The number of aromatic nitrogens is 1. The van der Waals surface area contributed by atoms with Crippen molar-refractivity contribution in [2.45, 2.75) is 27.7 Å². The van der Waals surface area contributed by atoms with Crippen molar-refractivity contribution in [2.24, 2.45) is 5.92 Å². The predicted molar refractivity (Wildman–Crippen MR) is 74.8 cm³/mol. The van der Waals surface area contributed by atoms with Crippen LogP contribution in [-0.2, 0) is 0 Å². The second kappa shape index (κ2) is 6.99. The molecule has 0 bridgehead atoms. The zero-order valence-electron chi connectivity index (χ0n) is 11.7. The molecular weight excluding hydrogens is 226 g/mol. The van der Waals surface area contributed by atoms with Gasteiger partial charge in [0.15, 0.2) is 0 Å². The fraction of sp³-hybridized carbons (Fsp3) is 0.571. The van der Waals surface area contributed by atoms with Gasteiger partial charge in [-0.2, -0.15) is 0 Å². The highest BCUT2D eigenvalue weighted by Gasteiger charge is 2.18. The third kappa shape index (κ3) is 3.72. The van der Waals surface area contributed by atoms with Crippen molar-refractivity contribution >= 4 is 11.6 Å². The van der Waals surface area contributed by atoms with Crippen LogP contribution in [0.25, 0.3) is 0 Å². The minimum atomic E-state index is 0.0737. The maximum Gasteiger partial charge on any atom is 0.256 e. The molecule has 1 amide bonds. The van der Waals surface area contributed by atoms with Crippen LogP contribution in [0.15, 0.2) is 18.5 Å². The Balaban J connectivity index is 2.93. The molecular formula is C14H23N3O. The van der Waals surface area contributed by atoms with Crippen molar-refractivity contribution in [3.63, 3.8) is 0 Å². The molecule has 1 heterocycles. The Morgan fingerprint density at radius 3 is 2.72 bits per heavy atom. The zero-order chi connectivity index (χ0) is 13.5. The summed E-state index contributed by atoms with van der Waals surface area (Å²) < 4.78 is 0. The summed E-state index contributed by atoms with van der Waals surface area (Å²) in [6.45, 7) is 10.5. The van der Waals surface area contributed by atoms with Crippen LogP contribution < -0.4 is 5.32 Å². The summed E-state index contributed by atoms with van der Waals surface area (Å²) in [5, 5.41) is 3.18. The van der Waals surface area contributed by atoms with Crippen LogP contribution in [0.1, 0.15) is 38.1 Å². The van der Waals surface area contributed by atoms with E-state index in [1.165, 1.54) is 0 Å². The van der Waals surface area contributed by atoms with Crippen LogP contribution in [0.4, 0.5) is 5.69 Å². The molecule has 0 aromatic carbocycles. The third-order valence-electron chi connectivity index (χ3n) is 2.67. The van der Waals surface area contributed by atoms with Gasteiger partial charge in [0.05, 0.1) is 17.4 Å². The van der Waals surface area contributed by atoms with Gasteiger partial charge < -0.3 is 10.2 Å².